The van der Waals surface area contributed by atoms with Crippen LogP contribution in [0.25, 0.3) is 69.9 Å². The van der Waals surface area contributed by atoms with Crippen LogP contribution in [0, 0.1) is 0 Å². The maximum absolute atomic E-state index is 2.61. The highest BCUT2D eigenvalue weighted by Gasteiger charge is 2.59. The van der Waals surface area contributed by atoms with E-state index >= 15 is 0 Å². The topological polar surface area (TPSA) is 4.93 Å². The molecule has 0 saturated carbocycles. The van der Waals surface area contributed by atoms with E-state index in [4.69, 9.17) is 0 Å². The van der Waals surface area contributed by atoms with E-state index in [9.17, 15) is 0 Å². The minimum Gasteiger partial charge on any atom is -0.309 e. The van der Waals surface area contributed by atoms with Crippen molar-refractivity contribution in [2.45, 2.75) is 10.8 Å². The highest BCUT2D eigenvalue weighted by atomic mass is 32.1. The molecule has 2 spiro atoms. The average Bonchev–Trinajstić information content (AvgIpc) is 4.00. The van der Waals surface area contributed by atoms with Crippen molar-refractivity contribution < 1.29 is 0 Å². The summed E-state index contributed by atoms with van der Waals surface area (Å²) < 4.78 is 5.19. The first kappa shape index (κ1) is 31.1. The smallest absolute Gasteiger partial charge is 0.0720 e. The van der Waals surface area contributed by atoms with Gasteiger partial charge in [-0.25, -0.2) is 0 Å². The van der Waals surface area contributed by atoms with Crippen LogP contribution in [0.2, 0.25) is 0 Å². The molecule has 2 heteroatoms. The van der Waals surface area contributed by atoms with Crippen LogP contribution in [0.4, 0.5) is 0 Å². The summed E-state index contributed by atoms with van der Waals surface area (Å²) in [5.74, 6) is 0. The molecule has 0 radical (unpaired) electrons. The second-order valence-electron chi connectivity index (χ2n) is 16.3. The van der Waals surface area contributed by atoms with Gasteiger partial charge in [0, 0.05) is 36.6 Å². The van der Waals surface area contributed by atoms with Gasteiger partial charge in [-0.3, -0.25) is 0 Å². The van der Waals surface area contributed by atoms with Gasteiger partial charge in [-0.2, -0.15) is 0 Å². The Morgan fingerprint density at radius 3 is 1.33 bits per heavy atom. The minimum atomic E-state index is -0.542. The Morgan fingerprint density at radius 1 is 0.293 bits per heavy atom. The summed E-state index contributed by atoms with van der Waals surface area (Å²) in [6, 6.07) is 76.4. The lowest BCUT2D eigenvalue weighted by Gasteiger charge is -2.49. The number of hydrogen-bond acceptors (Lipinski definition) is 1. The molecule has 0 unspecified atom stereocenters. The average molecular weight is 752 g/mol. The van der Waals surface area contributed by atoms with Crippen LogP contribution in [0.3, 0.4) is 0 Å². The third-order valence-electron chi connectivity index (χ3n) is 13.9. The number of para-hydroxylation sites is 1. The molecule has 0 saturated heterocycles. The van der Waals surface area contributed by atoms with Crippen molar-refractivity contribution in [2.75, 3.05) is 0 Å². The Hall–Kier alpha value is -7.00. The van der Waals surface area contributed by atoms with Crippen LogP contribution in [0.1, 0.15) is 44.5 Å². The van der Waals surface area contributed by atoms with Gasteiger partial charge in [0.25, 0.3) is 0 Å². The van der Waals surface area contributed by atoms with Gasteiger partial charge in [-0.15, -0.1) is 11.3 Å². The van der Waals surface area contributed by atoms with E-state index in [-0.39, 0.29) is 0 Å². The SMILES string of the molecule is c1ccc2c(c1)-c1ccccc1C21c2ccccc2C2(c3ccccc3-c3ccccc32)c2cc3c(cc21)c1ccccc1n3-c1ccc2sc3ccccc3c2c1. The highest BCUT2D eigenvalue weighted by Crippen LogP contribution is 2.68. The maximum atomic E-state index is 2.61. The van der Waals surface area contributed by atoms with Crippen molar-refractivity contribution in [1.82, 2.24) is 4.57 Å². The monoisotopic (exact) mass is 751 g/mol. The first-order valence-electron chi connectivity index (χ1n) is 20.3. The van der Waals surface area contributed by atoms with E-state index in [0.717, 1.165) is 0 Å². The highest BCUT2D eigenvalue weighted by molar-refractivity contribution is 7.25. The van der Waals surface area contributed by atoms with Crippen molar-refractivity contribution in [3.05, 3.63) is 245 Å². The second kappa shape index (κ2) is 10.9. The molecule has 0 amide bonds. The molecular weight excluding hydrogens is 719 g/mol. The van der Waals surface area contributed by atoms with Crippen LogP contribution >= 0.6 is 11.3 Å². The van der Waals surface area contributed by atoms with E-state index in [0.29, 0.717) is 0 Å². The predicted octanol–water partition coefficient (Wildman–Crippen LogP) is 14.2. The van der Waals surface area contributed by atoms with Gasteiger partial charge in [0.2, 0.25) is 0 Å². The Bertz CT molecular complexity index is 3500. The third-order valence-corrected chi connectivity index (χ3v) is 15.0. The molecular formula is C56H33NS. The van der Waals surface area contributed by atoms with Gasteiger partial charge in [0.1, 0.15) is 0 Å². The zero-order chi connectivity index (χ0) is 37.7. The van der Waals surface area contributed by atoms with Crippen LogP contribution in [0.15, 0.2) is 200 Å². The molecule has 11 aromatic rings. The molecule has 3 aliphatic rings. The molecule has 0 aliphatic heterocycles. The molecule has 268 valence electrons. The first-order chi connectivity index (χ1) is 28.8. The number of aromatic nitrogens is 1. The van der Waals surface area contributed by atoms with E-state index in [2.05, 4.69) is 205 Å². The molecule has 0 bridgehead atoms. The van der Waals surface area contributed by atoms with Crippen molar-refractivity contribution in [2.24, 2.45) is 0 Å². The summed E-state index contributed by atoms with van der Waals surface area (Å²) in [5, 5.41) is 5.17. The lowest BCUT2D eigenvalue weighted by molar-refractivity contribution is 0.634. The molecule has 0 atom stereocenters. The standard InChI is InChI=1S/C56H33NS/c1-7-21-43-35(15-1)36-16-2-8-22-44(36)55(43)47-25-11-12-26-48(47)56(45-23-9-3-17-37(45)38-18-4-10-24-46(38)56)50-33-52-41(32-49(50)55)39-19-5-13-27-51(39)57(52)34-29-30-54-42(31-34)40-20-6-14-28-53(40)58-54/h1-33H. The van der Waals surface area contributed by atoms with Crippen LogP contribution < -0.4 is 0 Å². The predicted molar refractivity (Wildman–Crippen MR) is 242 cm³/mol. The summed E-state index contributed by atoms with van der Waals surface area (Å²) in [4.78, 5) is 0. The number of nitrogens with zero attached hydrogens (tertiary/aromatic N) is 1. The fourth-order valence-corrected chi connectivity index (χ4v) is 12.9. The molecule has 3 aliphatic carbocycles. The fraction of sp³-hybridized carbons (Fsp3) is 0.0357. The molecule has 1 nitrogen and oxygen atoms in total. The van der Waals surface area contributed by atoms with E-state index in [1.165, 1.54) is 114 Å². The Balaban J connectivity index is 1.21. The number of rotatable bonds is 1. The number of fused-ring (bicyclic) bond motifs is 22. The van der Waals surface area contributed by atoms with Crippen molar-refractivity contribution >= 4 is 53.3 Å². The van der Waals surface area contributed by atoms with Gasteiger partial charge < -0.3 is 4.57 Å². The quantitative estimate of drug-likeness (QED) is 0.157. The van der Waals surface area contributed by atoms with E-state index in [1.807, 2.05) is 11.3 Å². The van der Waals surface area contributed by atoms with Gasteiger partial charge in [0.15, 0.2) is 0 Å². The lowest BCUT2D eigenvalue weighted by Crippen LogP contribution is -2.43. The minimum absolute atomic E-state index is 0.525. The molecule has 0 fully saturated rings. The van der Waals surface area contributed by atoms with Crippen LogP contribution in [0.5, 0.6) is 0 Å². The Morgan fingerprint density at radius 2 is 0.741 bits per heavy atom. The summed E-state index contributed by atoms with van der Waals surface area (Å²) in [6.07, 6.45) is 0. The number of hydrogen-bond donors (Lipinski definition) is 0. The molecule has 14 rings (SSSR count). The summed E-state index contributed by atoms with van der Waals surface area (Å²) in [5.41, 5.74) is 18.7. The van der Waals surface area contributed by atoms with Crippen molar-refractivity contribution in [3.8, 4) is 27.9 Å². The normalized spacial score (nSPS) is 14.8. The van der Waals surface area contributed by atoms with Gasteiger partial charge in [0.05, 0.1) is 21.9 Å². The number of thiophene rings is 1. The van der Waals surface area contributed by atoms with Gasteiger partial charge in [-0.05, 0) is 109 Å². The van der Waals surface area contributed by atoms with Gasteiger partial charge >= 0.3 is 0 Å². The summed E-state index contributed by atoms with van der Waals surface area (Å²) in [7, 11) is 0. The van der Waals surface area contributed by atoms with Crippen molar-refractivity contribution in [1.29, 1.82) is 0 Å². The second-order valence-corrected chi connectivity index (χ2v) is 17.4. The molecule has 0 N–H and O–H groups in total. The van der Waals surface area contributed by atoms with E-state index in [1.54, 1.807) is 0 Å². The maximum Gasteiger partial charge on any atom is 0.0720 e. The summed E-state index contributed by atoms with van der Waals surface area (Å²) in [6.45, 7) is 0. The molecule has 9 aromatic carbocycles. The van der Waals surface area contributed by atoms with Crippen molar-refractivity contribution in [3.63, 3.8) is 0 Å². The summed E-state index contributed by atoms with van der Waals surface area (Å²) >= 11 is 1.88. The Labute approximate surface area is 339 Å². The molecule has 2 aromatic heterocycles. The van der Waals surface area contributed by atoms with Gasteiger partial charge in [-0.1, -0.05) is 158 Å². The van der Waals surface area contributed by atoms with E-state index < -0.39 is 10.8 Å². The third kappa shape index (κ3) is 3.52. The van der Waals surface area contributed by atoms with Crippen LogP contribution in [-0.2, 0) is 10.8 Å². The first-order valence-corrected chi connectivity index (χ1v) is 21.1. The number of benzene rings is 9. The zero-order valence-electron chi connectivity index (χ0n) is 31.4. The zero-order valence-corrected chi connectivity index (χ0v) is 32.2. The largest absolute Gasteiger partial charge is 0.309 e. The lowest BCUT2D eigenvalue weighted by atomic mass is 9.52. The molecule has 2 heterocycles. The van der Waals surface area contributed by atoms with Crippen LogP contribution in [-0.4, -0.2) is 4.57 Å². The Kier molecular flexibility index (Phi) is 5.84. The molecule has 58 heavy (non-hydrogen) atoms. The fourth-order valence-electron chi connectivity index (χ4n) is 11.8.